The summed E-state index contributed by atoms with van der Waals surface area (Å²) in [6.07, 6.45) is 4.46. The van der Waals surface area contributed by atoms with Crippen molar-refractivity contribution in [3.63, 3.8) is 0 Å². The van der Waals surface area contributed by atoms with E-state index in [0.29, 0.717) is 38.6 Å². The molecule has 0 aromatic rings. The van der Waals surface area contributed by atoms with Gasteiger partial charge in [0, 0.05) is 92.2 Å². The number of hydrogen-bond donors (Lipinski definition) is 10. The molecule has 0 heterocycles. The van der Waals surface area contributed by atoms with Gasteiger partial charge in [-0.1, -0.05) is 55.4 Å². The highest BCUT2D eigenvalue weighted by Crippen LogP contribution is 2.22. The van der Waals surface area contributed by atoms with E-state index in [1.165, 1.54) is 13.8 Å². The summed E-state index contributed by atoms with van der Waals surface area (Å²) in [4.78, 5) is 92.7. The number of nitrogens with one attached hydrogen (secondary N) is 4. The molecule has 6 amide bonds. The number of nitrogens with two attached hydrogens (primary N) is 3. The van der Waals surface area contributed by atoms with Gasteiger partial charge in [-0.15, -0.1) is 12.4 Å². The Morgan fingerprint density at radius 1 is 0.672 bits per heavy atom. The van der Waals surface area contributed by atoms with Crippen LogP contribution in [0.1, 0.15) is 172 Å². The van der Waals surface area contributed by atoms with Crippen molar-refractivity contribution in [1.29, 1.82) is 0 Å². The molecule has 0 fully saturated rings. The van der Waals surface area contributed by atoms with Crippen LogP contribution in [-0.2, 0) is 28.8 Å². The van der Waals surface area contributed by atoms with Crippen molar-refractivity contribution in [2.75, 3.05) is 19.6 Å². The van der Waals surface area contributed by atoms with Gasteiger partial charge in [0.2, 0.25) is 11.8 Å². The van der Waals surface area contributed by atoms with E-state index in [1.54, 1.807) is 13.8 Å². The molecular formula is C39H104ClN7O9S2. The van der Waals surface area contributed by atoms with Crippen LogP contribution in [-0.4, -0.2) is 93.5 Å². The highest BCUT2D eigenvalue weighted by molar-refractivity contribution is 7.81. The topological polar surface area (TPSA) is 283 Å². The molecule has 0 aliphatic carbocycles. The Hall–Kier alpha value is -3.09. The summed E-state index contributed by atoms with van der Waals surface area (Å²) in [5.41, 5.74) is 15.2. The number of ketones is 3. The van der Waals surface area contributed by atoms with Crippen molar-refractivity contribution in [3.05, 3.63) is 0 Å². The summed E-state index contributed by atoms with van der Waals surface area (Å²) in [5, 5.41) is 19.3. The predicted octanol–water partition coefficient (Wildman–Crippen LogP) is 7.78. The Morgan fingerprint density at radius 2 is 1.03 bits per heavy atom. The summed E-state index contributed by atoms with van der Waals surface area (Å²) in [6, 6.07) is -3.00. The fourth-order valence-electron chi connectivity index (χ4n) is 5.27. The Morgan fingerprint density at radius 3 is 1.31 bits per heavy atom. The number of carbonyl (C=O) groups is 8. The molecule has 368 valence electrons. The molecule has 0 aromatic heterocycles. The number of rotatable bonds is 26. The highest BCUT2D eigenvalue weighted by atomic mass is 35.5. The smallest absolute Gasteiger partial charge is 0.326 e. The van der Waals surface area contributed by atoms with E-state index >= 15 is 0 Å². The molecule has 4 atom stereocenters. The summed E-state index contributed by atoms with van der Waals surface area (Å²) in [7, 11) is 0. The largest absolute Gasteiger partial charge is 0.480 e. The Balaban J connectivity index is -0.0000000431. The first-order valence-electron chi connectivity index (χ1n) is 31.6. The lowest BCUT2D eigenvalue weighted by molar-refractivity contribution is -0.143. The molecular weight excluding hydrogens is 810 g/mol. The Bertz CT molecular complexity index is 1350. The van der Waals surface area contributed by atoms with E-state index in [4.69, 9.17) is 57.9 Å². The summed E-state index contributed by atoms with van der Waals surface area (Å²) in [5.74, 6) is -3.20. The lowest BCUT2D eigenvalue weighted by atomic mass is 9.89. The third-order valence-electron chi connectivity index (χ3n) is 8.52. The van der Waals surface area contributed by atoms with Crippen LogP contribution in [0, 0.1) is 23.7 Å². The molecule has 19 heteroatoms. The third-order valence-corrected chi connectivity index (χ3v) is 8.97. The number of aliphatic carboxylic acids is 1. The maximum Gasteiger partial charge on any atom is 0.326 e. The van der Waals surface area contributed by atoms with Gasteiger partial charge in [0.05, 0.1) is 6.04 Å². The van der Waals surface area contributed by atoms with E-state index in [0.717, 1.165) is 19.4 Å². The number of primary amides is 2. The molecule has 0 saturated heterocycles. The fourth-order valence-corrected chi connectivity index (χ4v) is 5.56. The average molecular weight is 967 g/mol. The van der Waals surface area contributed by atoms with E-state index in [9.17, 15) is 38.4 Å². The number of urea groups is 2. The lowest BCUT2D eigenvalue weighted by Crippen LogP contribution is -2.45. The minimum absolute atomic E-state index is 0. The SMILES string of the molecule is CC(=O)C[C@H](C(=O)N[C@@H](CCCNC(N)=O)C(=O)CCCC(C)(C)S)C(C)C.CC(=O)C[C@H](C(=O)N[C@@H](CCCNC(N)=O)C(=O)O)C(C)C.CC(C)(S)CCN.Cl.[3HH].[3HH].[3H][3H].[3H][3H].[3H][3H].[3H][3H].[3H][3H].[3H][3H].[3H][3H].[3H][3H].[3H][3H].[3H][3H].[3H][3H].[3H][3H]. The summed E-state index contributed by atoms with van der Waals surface area (Å²) in [6.45, 7) is 19.6. The second-order valence-corrected chi connectivity index (χ2v) is 18.7. The van der Waals surface area contributed by atoms with Gasteiger partial charge in [-0.3, -0.25) is 14.4 Å². The second kappa shape index (κ2) is 32.7. The number of hydrogen-bond acceptors (Lipinski definition) is 11. The van der Waals surface area contributed by atoms with Gasteiger partial charge >= 0.3 is 18.0 Å². The van der Waals surface area contributed by atoms with Gasteiger partial charge in [0.15, 0.2) is 5.78 Å². The van der Waals surface area contributed by atoms with Gasteiger partial charge in [0.1, 0.15) is 17.6 Å². The van der Waals surface area contributed by atoms with Crippen LogP contribution in [0.25, 0.3) is 0 Å². The molecule has 0 aromatic carbocycles. The molecule has 0 spiro atoms. The van der Waals surface area contributed by atoms with Crippen molar-refractivity contribution < 1.29 is 82.0 Å². The quantitative estimate of drug-likeness (QED) is 0.0297. The van der Waals surface area contributed by atoms with Crippen molar-refractivity contribution >= 4 is 84.9 Å². The number of carboxylic acids is 1. The van der Waals surface area contributed by atoms with Gasteiger partial charge in [-0.2, -0.15) is 25.3 Å². The molecule has 11 N–H and O–H groups in total. The van der Waals surface area contributed by atoms with Crippen LogP contribution in [0.4, 0.5) is 9.59 Å². The summed E-state index contributed by atoms with van der Waals surface area (Å²) >= 11 is 8.72. The van der Waals surface area contributed by atoms with Crippen LogP contribution in [0.2, 0.25) is 0 Å². The highest BCUT2D eigenvalue weighted by Gasteiger charge is 2.29. The second-order valence-electron chi connectivity index (χ2n) is 16.3. The van der Waals surface area contributed by atoms with Crippen molar-refractivity contribution in [1.82, 2.24) is 21.3 Å². The maximum absolute atomic E-state index is 12.7. The molecule has 0 rings (SSSR count). The number of halogens is 1. The Labute approximate surface area is 403 Å². The monoisotopic (exact) mass is 966 g/mol. The molecule has 0 saturated carbocycles. The molecule has 0 aliphatic heterocycles. The Kier molecular flexibility index (Phi) is 22.8. The maximum atomic E-state index is 12.7. The van der Waals surface area contributed by atoms with Crippen LogP contribution in [0.3, 0.4) is 0 Å². The number of Topliss-reactive ketones (excluding diaryl/α,β-unsaturated/α-hetero) is 3. The zero-order valence-corrected chi connectivity index (χ0v) is 39.0. The first-order valence-corrected chi connectivity index (χ1v) is 20.5. The minimum Gasteiger partial charge on any atom is -0.480 e. The molecule has 58 heavy (non-hydrogen) atoms. The molecule has 0 unspecified atom stereocenters. The third kappa shape index (κ3) is 37.2. The van der Waals surface area contributed by atoms with Crippen molar-refractivity contribution in [2.24, 2.45) is 40.9 Å². The van der Waals surface area contributed by atoms with E-state index < -0.39 is 47.9 Å². The molecule has 0 bridgehead atoms. The first kappa shape index (κ1) is 40.3. The van der Waals surface area contributed by atoms with Crippen LogP contribution in [0.15, 0.2) is 0 Å². The fraction of sp³-hybridized carbons (Fsp3) is 0.795. The van der Waals surface area contributed by atoms with Crippen molar-refractivity contribution in [3.8, 4) is 0 Å². The number of thiol groups is 2. The van der Waals surface area contributed by atoms with Gasteiger partial charge in [-0.05, 0) is 77.2 Å². The normalized spacial score (nSPS) is 14.7. The number of carboxylic acid groups (broad SMARTS) is 1. The van der Waals surface area contributed by atoms with Crippen LogP contribution >= 0.6 is 37.7 Å². The molecule has 0 radical (unpaired) electrons. The van der Waals surface area contributed by atoms with Crippen molar-refractivity contribution in [2.45, 2.75) is 155 Å². The average Bonchev–Trinajstić information content (AvgIpc) is 3.44. The van der Waals surface area contributed by atoms with Crippen LogP contribution < -0.4 is 38.5 Å². The van der Waals surface area contributed by atoms with Crippen LogP contribution in [0.5, 0.6) is 0 Å². The summed E-state index contributed by atoms with van der Waals surface area (Å²) < 4.78 is 120. The zero-order valence-electron chi connectivity index (χ0n) is 60.4. The number of carbonyl (C=O) groups excluding carboxylic acids is 7. The first-order chi connectivity index (χ1) is 38.0. The van der Waals surface area contributed by atoms with Gasteiger partial charge in [-0.25, -0.2) is 14.4 Å². The number of amides is 6. The lowest BCUT2D eigenvalue weighted by Gasteiger charge is -2.24. The van der Waals surface area contributed by atoms with E-state index in [-0.39, 0.29) is 85.7 Å². The standard InChI is InChI=1S/C20H37N3O4S.C14H25N3O5.C5H13NS.ClH.14H2/c1-13(2)15(12-14(3)24)18(26)23-16(8-7-11-22-19(21)27)17(25)9-6-10-20(4,5)28;1-8(2)10(7-9(3)18)12(19)17-11(13(20)21)5-4-6-16-14(15)22;1-5(2,7)3-4-6;;;;;;;;;;;;;;;/h13,15-16,28H,6-12H2,1-5H3,(H,23,26)(H3,21,22,27);8,10-11H,4-7H2,1-3H3,(H,17,19)(H,20,21)(H3,15,16,22);7H,3-4,6H2,1-2H3;15*1H/t15-,16-;10-,11-;;;;;;;;;;;;;;;;/m00................/s1/i;;;;12*1+2T;2*1+2. The molecule has 16 nitrogen and oxygen atoms in total. The van der Waals surface area contributed by atoms with E-state index in [2.05, 4.69) is 60.4 Å². The predicted molar refractivity (Wildman–Crippen MR) is 268 cm³/mol. The van der Waals surface area contributed by atoms with Gasteiger partial charge in [0.25, 0.3) is 0 Å². The molecule has 0 aliphatic rings. The van der Waals surface area contributed by atoms with Gasteiger partial charge < -0.3 is 53.2 Å². The van der Waals surface area contributed by atoms with E-state index in [1.807, 2.05) is 27.7 Å². The minimum atomic E-state index is -1.15. The zero-order chi connectivity index (χ0) is 69.1.